The van der Waals surface area contributed by atoms with Gasteiger partial charge < -0.3 is 4.74 Å². The lowest BCUT2D eigenvalue weighted by Gasteiger charge is -2.15. The number of benzene rings is 2. The molecule has 0 aliphatic heterocycles. The first-order valence-electron chi connectivity index (χ1n) is 7.68. The van der Waals surface area contributed by atoms with Crippen LogP contribution in [0.3, 0.4) is 0 Å². The summed E-state index contributed by atoms with van der Waals surface area (Å²) in [6, 6.07) is 4.98. The molecule has 0 unspecified atom stereocenters. The van der Waals surface area contributed by atoms with E-state index >= 15 is 0 Å². The minimum absolute atomic E-state index is 0.392. The molecule has 0 saturated carbocycles. The Hall–Kier alpha value is -2.04. The fraction of sp³-hybridized carbons (Fsp3) is 0.250. The number of para-hydroxylation sites is 1. The van der Waals surface area contributed by atoms with Gasteiger partial charge in [-0.05, 0) is 12.0 Å². The highest BCUT2D eigenvalue weighted by Crippen LogP contribution is 2.38. The van der Waals surface area contributed by atoms with E-state index in [0.717, 1.165) is 12.1 Å². The van der Waals surface area contributed by atoms with Gasteiger partial charge in [-0.25, -0.2) is 17.6 Å². The van der Waals surface area contributed by atoms with E-state index in [1.165, 1.54) is 26.0 Å². The van der Waals surface area contributed by atoms with E-state index in [1.807, 2.05) is 0 Å². The molecule has 0 amide bonds. The smallest absolute Gasteiger partial charge is 0.170 e. The fourth-order valence-corrected chi connectivity index (χ4v) is 2.15. The Labute approximate surface area is 124 Å². The molecular formula is C16H14F4O. The highest BCUT2D eigenvalue weighted by molar-refractivity contribution is 5.72. The van der Waals surface area contributed by atoms with Gasteiger partial charge in [-0.15, -0.1) is 0 Å². The molecule has 0 heterocycles. The Morgan fingerprint density at radius 3 is 2.05 bits per heavy atom. The van der Waals surface area contributed by atoms with Gasteiger partial charge >= 0.3 is 0 Å². The van der Waals surface area contributed by atoms with Gasteiger partial charge in [0, 0.05) is 11.1 Å². The summed E-state index contributed by atoms with van der Waals surface area (Å²) in [4.78, 5) is 0. The Kier molecular flexibility index (Phi) is 3.18. The minimum atomic E-state index is -2.89. The van der Waals surface area contributed by atoms with Gasteiger partial charge in [-0.1, -0.05) is 32.0 Å². The molecule has 1 nitrogen and oxygen atoms in total. The highest BCUT2D eigenvalue weighted by atomic mass is 19.2. The molecule has 0 radical (unpaired) electrons. The van der Waals surface area contributed by atoms with E-state index in [0.29, 0.717) is 0 Å². The minimum Gasteiger partial charge on any atom is -0.496 e. The first kappa shape index (κ1) is 11.6. The first-order valence-corrected chi connectivity index (χ1v) is 6.18. The first-order chi connectivity index (χ1) is 11.0. The summed E-state index contributed by atoms with van der Waals surface area (Å²) in [7, 11) is -2.89. The standard InChI is InChI=1S/C16H14F4O/c1-8(2)11-13(17)15(19)12(16(20)14(11)18)9-6-4-5-7-10(9)21-3/h4-8H,1-3H3/i3D3. The third kappa shape index (κ3) is 2.48. The van der Waals surface area contributed by atoms with Crippen molar-refractivity contribution in [1.82, 2.24) is 0 Å². The van der Waals surface area contributed by atoms with E-state index in [2.05, 4.69) is 4.74 Å². The molecule has 112 valence electrons. The molecule has 5 heteroatoms. The topological polar surface area (TPSA) is 9.23 Å². The zero-order valence-electron chi connectivity index (χ0n) is 14.3. The predicted molar refractivity (Wildman–Crippen MR) is 72.4 cm³/mol. The number of ether oxygens (including phenoxy) is 1. The van der Waals surface area contributed by atoms with Gasteiger partial charge in [0.25, 0.3) is 0 Å². The van der Waals surface area contributed by atoms with Crippen molar-refractivity contribution in [2.24, 2.45) is 0 Å². The number of methoxy groups -OCH3 is 1. The molecule has 0 N–H and O–H groups in total. The molecule has 0 bridgehead atoms. The number of rotatable bonds is 3. The molecule has 0 fully saturated rings. The molecule has 0 aliphatic rings. The van der Waals surface area contributed by atoms with Crippen molar-refractivity contribution >= 4 is 0 Å². The maximum Gasteiger partial charge on any atom is 0.170 e. The van der Waals surface area contributed by atoms with Gasteiger partial charge in [-0.3, -0.25) is 0 Å². The van der Waals surface area contributed by atoms with Crippen molar-refractivity contribution in [1.29, 1.82) is 0 Å². The molecular weight excluding hydrogens is 284 g/mol. The number of halogens is 4. The van der Waals surface area contributed by atoms with Crippen LogP contribution in [-0.4, -0.2) is 7.04 Å². The van der Waals surface area contributed by atoms with Gasteiger partial charge in [0.05, 0.1) is 16.7 Å². The molecule has 0 aromatic heterocycles. The highest BCUT2D eigenvalue weighted by Gasteiger charge is 2.28. The van der Waals surface area contributed by atoms with E-state index in [9.17, 15) is 17.6 Å². The number of hydrogen-bond donors (Lipinski definition) is 0. The Morgan fingerprint density at radius 1 is 0.952 bits per heavy atom. The average Bonchev–Trinajstić information content (AvgIpc) is 2.45. The lowest BCUT2D eigenvalue weighted by Crippen LogP contribution is -2.08. The summed E-state index contributed by atoms with van der Waals surface area (Å²) in [6.45, 7) is 2.79. The van der Waals surface area contributed by atoms with E-state index < -0.39 is 58.7 Å². The third-order valence-corrected chi connectivity index (χ3v) is 3.14. The zero-order valence-corrected chi connectivity index (χ0v) is 11.3. The van der Waals surface area contributed by atoms with Gasteiger partial charge in [-0.2, -0.15) is 0 Å². The van der Waals surface area contributed by atoms with Gasteiger partial charge in [0.15, 0.2) is 23.3 Å². The van der Waals surface area contributed by atoms with Crippen molar-refractivity contribution in [3.8, 4) is 16.9 Å². The van der Waals surface area contributed by atoms with Crippen LogP contribution in [0.2, 0.25) is 0 Å². The van der Waals surface area contributed by atoms with Crippen LogP contribution < -0.4 is 4.74 Å². The zero-order chi connectivity index (χ0) is 18.2. The predicted octanol–water partition coefficient (Wildman–Crippen LogP) is 5.04. The van der Waals surface area contributed by atoms with Crippen LogP contribution >= 0.6 is 0 Å². The Balaban J connectivity index is 2.76. The van der Waals surface area contributed by atoms with Crippen LogP contribution in [0, 0.1) is 23.3 Å². The van der Waals surface area contributed by atoms with Crippen LogP contribution in [0.1, 0.15) is 29.4 Å². The summed E-state index contributed by atoms with van der Waals surface area (Å²) < 4.78 is 83.1. The van der Waals surface area contributed by atoms with Crippen LogP contribution in [-0.2, 0) is 0 Å². The van der Waals surface area contributed by atoms with Crippen LogP contribution in [0.15, 0.2) is 24.3 Å². The van der Waals surface area contributed by atoms with Crippen molar-refractivity contribution in [3.05, 3.63) is 53.1 Å². The third-order valence-electron chi connectivity index (χ3n) is 3.14. The van der Waals surface area contributed by atoms with Crippen LogP contribution in [0.25, 0.3) is 11.1 Å². The van der Waals surface area contributed by atoms with Crippen molar-refractivity contribution in [2.45, 2.75) is 19.8 Å². The summed E-state index contributed by atoms with van der Waals surface area (Å²) in [5, 5.41) is 0. The summed E-state index contributed by atoms with van der Waals surface area (Å²) in [5.74, 6) is -7.41. The Morgan fingerprint density at radius 2 is 1.52 bits per heavy atom. The largest absolute Gasteiger partial charge is 0.496 e. The maximum absolute atomic E-state index is 14.4. The SMILES string of the molecule is [2H]C([2H])([2H])Oc1ccccc1-c1c(F)c(F)c(C(C)C)c(F)c1F. The molecule has 21 heavy (non-hydrogen) atoms. The fourth-order valence-electron chi connectivity index (χ4n) is 2.15. The molecule has 2 aromatic carbocycles. The quantitative estimate of drug-likeness (QED) is 0.570. The lowest BCUT2D eigenvalue weighted by molar-refractivity contribution is 0.412. The molecule has 0 saturated heterocycles. The van der Waals surface area contributed by atoms with E-state index in [-0.39, 0.29) is 0 Å². The van der Waals surface area contributed by atoms with E-state index in [1.54, 1.807) is 0 Å². The maximum atomic E-state index is 14.4. The summed E-state index contributed by atoms with van der Waals surface area (Å²) in [6.07, 6.45) is 0. The molecule has 2 rings (SSSR count). The Bertz CT molecular complexity index is 744. The normalized spacial score (nSPS) is 13.8. The van der Waals surface area contributed by atoms with Gasteiger partial charge in [0.2, 0.25) is 0 Å². The van der Waals surface area contributed by atoms with Crippen molar-refractivity contribution < 1.29 is 26.4 Å². The van der Waals surface area contributed by atoms with Crippen LogP contribution in [0.5, 0.6) is 5.75 Å². The van der Waals surface area contributed by atoms with E-state index in [4.69, 9.17) is 4.11 Å². The number of hydrogen-bond acceptors (Lipinski definition) is 1. The summed E-state index contributed by atoms with van der Waals surface area (Å²) >= 11 is 0. The van der Waals surface area contributed by atoms with Crippen molar-refractivity contribution in [3.63, 3.8) is 0 Å². The second-order valence-corrected chi connectivity index (χ2v) is 4.80. The van der Waals surface area contributed by atoms with Crippen molar-refractivity contribution in [2.75, 3.05) is 7.04 Å². The average molecular weight is 301 g/mol. The molecule has 0 spiro atoms. The molecule has 0 atom stereocenters. The second-order valence-electron chi connectivity index (χ2n) is 4.80. The van der Waals surface area contributed by atoms with Crippen LogP contribution in [0.4, 0.5) is 17.6 Å². The lowest BCUT2D eigenvalue weighted by atomic mass is 9.95. The molecule has 0 aliphatic carbocycles. The monoisotopic (exact) mass is 301 g/mol. The molecule has 2 aromatic rings. The second kappa shape index (κ2) is 5.76. The summed E-state index contributed by atoms with van der Waals surface area (Å²) in [5.41, 5.74) is -2.10. The van der Waals surface area contributed by atoms with Gasteiger partial charge in [0.1, 0.15) is 5.75 Å².